The number of benzene rings is 1. The lowest BCUT2D eigenvalue weighted by atomic mass is 9.76. The van der Waals surface area contributed by atoms with Crippen molar-refractivity contribution in [2.45, 2.75) is 57.7 Å². The van der Waals surface area contributed by atoms with Crippen LogP contribution in [-0.2, 0) is 11.3 Å². The van der Waals surface area contributed by atoms with Crippen LogP contribution in [0.15, 0.2) is 53.5 Å². The van der Waals surface area contributed by atoms with E-state index < -0.39 is 11.7 Å². The summed E-state index contributed by atoms with van der Waals surface area (Å²) in [6.07, 6.45) is 2.81. The monoisotopic (exact) mass is 411 g/mol. The van der Waals surface area contributed by atoms with Crippen molar-refractivity contribution in [1.82, 2.24) is 15.2 Å². The van der Waals surface area contributed by atoms with Gasteiger partial charge >= 0.3 is 6.09 Å². The second kappa shape index (κ2) is 9.15. The molecule has 0 bridgehead atoms. The van der Waals surface area contributed by atoms with Gasteiger partial charge in [0.1, 0.15) is 5.60 Å². The Labute approximate surface area is 176 Å². The molecule has 2 N–H and O–H groups in total. The van der Waals surface area contributed by atoms with Gasteiger partial charge in [-0.1, -0.05) is 30.3 Å². The fourth-order valence-corrected chi connectivity index (χ4v) is 3.43. The zero-order valence-corrected chi connectivity index (χ0v) is 17.7. The first kappa shape index (κ1) is 21.6. The maximum absolute atomic E-state index is 12.6. The van der Waals surface area contributed by atoms with Gasteiger partial charge in [-0.05, 0) is 51.2 Å². The third-order valence-corrected chi connectivity index (χ3v) is 5.01. The summed E-state index contributed by atoms with van der Waals surface area (Å²) in [5.41, 5.74) is 0.911. The quantitative estimate of drug-likeness (QED) is 0.765. The summed E-state index contributed by atoms with van der Waals surface area (Å²) in [6, 6.07) is 13.3. The third kappa shape index (κ3) is 5.95. The number of rotatable bonds is 6. The first-order valence-corrected chi connectivity index (χ1v) is 10.2. The van der Waals surface area contributed by atoms with Crippen LogP contribution < -0.4 is 16.2 Å². The number of carbonyl (C=O) groups is 2. The van der Waals surface area contributed by atoms with Crippen LogP contribution in [0.2, 0.25) is 0 Å². The molecule has 0 spiro atoms. The van der Waals surface area contributed by atoms with Gasteiger partial charge in [0.2, 0.25) is 0 Å². The molecular formula is C23H29N3O4. The summed E-state index contributed by atoms with van der Waals surface area (Å²) in [7, 11) is 0. The number of hydrogen-bond donors (Lipinski definition) is 2. The average Bonchev–Trinajstić information content (AvgIpc) is 2.65. The molecule has 1 heterocycles. The van der Waals surface area contributed by atoms with E-state index in [9.17, 15) is 14.4 Å². The standard InChI is InChI=1S/C23H29N3O4/c1-23(2,3)30-22(29)24-11-12-26-15-17(9-10-20(26)27)21(28)25-19-13-18(14-19)16-7-5-4-6-8-16/h4-10,15,18-19H,11-14H2,1-3H3,(H,24,29)(H,25,28). The van der Waals surface area contributed by atoms with Gasteiger partial charge in [-0.2, -0.15) is 0 Å². The molecule has 1 saturated carbocycles. The van der Waals surface area contributed by atoms with E-state index in [0.29, 0.717) is 11.5 Å². The van der Waals surface area contributed by atoms with Crippen molar-refractivity contribution in [3.63, 3.8) is 0 Å². The maximum Gasteiger partial charge on any atom is 0.407 e. The van der Waals surface area contributed by atoms with Crippen LogP contribution in [0.4, 0.5) is 4.79 Å². The van der Waals surface area contributed by atoms with Crippen LogP contribution >= 0.6 is 0 Å². The smallest absolute Gasteiger partial charge is 0.407 e. The molecule has 1 aromatic heterocycles. The minimum Gasteiger partial charge on any atom is -0.444 e. The van der Waals surface area contributed by atoms with Crippen LogP contribution in [-0.4, -0.2) is 34.8 Å². The van der Waals surface area contributed by atoms with Gasteiger partial charge in [-0.3, -0.25) is 9.59 Å². The average molecular weight is 412 g/mol. The molecule has 1 aliphatic carbocycles. The molecule has 0 atom stereocenters. The molecule has 0 radical (unpaired) electrons. The van der Waals surface area contributed by atoms with Crippen molar-refractivity contribution in [3.8, 4) is 0 Å². The van der Waals surface area contributed by atoms with Gasteiger partial charge in [0.25, 0.3) is 11.5 Å². The summed E-state index contributed by atoms with van der Waals surface area (Å²) in [4.78, 5) is 36.4. The summed E-state index contributed by atoms with van der Waals surface area (Å²) < 4.78 is 6.59. The Morgan fingerprint density at radius 1 is 1.10 bits per heavy atom. The molecule has 160 valence electrons. The molecule has 0 aliphatic heterocycles. The van der Waals surface area contributed by atoms with E-state index in [2.05, 4.69) is 22.8 Å². The molecule has 1 fully saturated rings. The Morgan fingerprint density at radius 3 is 2.47 bits per heavy atom. The van der Waals surface area contributed by atoms with Crippen molar-refractivity contribution in [2.24, 2.45) is 0 Å². The molecule has 3 rings (SSSR count). The zero-order valence-electron chi connectivity index (χ0n) is 17.7. The van der Waals surface area contributed by atoms with Gasteiger partial charge < -0.3 is 19.9 Å². The third-order valence-electron chi connectivity index (χ3n) is 5.01. The van der Waals surface area contributed by atoms with Gasteiger partial charge in [-0.15, -0.1) is 0 Å². The molecule has 1 aliphatic rings. The molecular weight excluding hydrogens is 382 g/mol. The van der Waals surface area contributed by atoms with Crippen molar-refractivity contribution in [1.29, 1.82) is 0 Å². The second-order valence-corrected chi connectivity index (χ2v) is 8.63. The van der Waals surface area contributed by atoms with E-state index in [1.54, 1.807) is 20.8 Å². The van der Waals surface area contributed by atoms with Gasteiger partial charge in [0, 0.05) is 31.4 Å². The molecule has 2 aromatic rings. The van der Waals surface area contributed by atoms with Gasteiger partial charge in [-0.25, -0.2) is 4.79 Å². The van der Waals surface area contributed by atoms with E-state index >= 15 is 0 Å². The second-order valence-electron chi connectivity index (χ2n) is 8.63. The molecule has 2 amide bonds. The Morgan fingerprint density at radius 2 is 1.80 bits per heavy atom. The Kier molecular flexibility index (Phi) is 6.59. The largest absolute Gasteiger partial charge is 0.444 e. The summed E-state index contributed by atoms with van der Waals surface area (Å²) in [5, 5.41) is 5.65. The number of amides is 2. The SMILES string of the molecule is CC(C)(C)OC(=O)NCCn1cc(C(=O)NC2CC(c3ccccc3)C2)ccc1=O. The highest BCUT2D eigenvalue weighted by molar-refractivity contribution is 5.94. The first-order valence-electron chi connectivity index (χ1n) is 10.2. The molecule has 30 heavy (non-hydrogen) atoms. The molecule has 0 unspecified atom stereocenters. The number of ether oxygens (including phenoxy) is 1. The topological polar surface area (TPSA) is 89.4 Å². The minimum absolute atomic E-state index is 0.136. The van der Waals surface area contributed by atoms with Crippen LogP contribution in [0.5, 0.6) is 0 Å². The fraction of sp³-hybridized carbons (Fsp3) is 0.435. The van der Waals surface area contributed by atoms with Gasteiger partial charge in [0.05, 0.1) is 5.56 Å². The van der Waals surface area contributed by atoms with E-state index in [-0.39, 0.29) is 30.6 Å². The highest BCUT2D eigenvalue weighted by Crippen LogP contribution is 2.36. The molecule has 7 heteroatoms. The molecule has 7 nitrogen and oxygen atoms in total. The first-order chi connectivity index (χ1) is 14.2. The summed E-state index contributed by atoms with van der Waals surface area (Å²) in [5.74, 6) is 0.282. The van der Waals surface area contributed by atoms with Crippen molar-refractivity contribution >= 4 is 12.0 Å². The number of nitrogens with zero attached hydrogens (tertiary/aromatic N) is 1. The lowest BCUT2D eigenvalue weighted by molar-refractivity contribution is 0.0525. The predicted molar refractivity (Wildman–Crippen MR) is 115 cm³/mol. The number of hydrogen-bond acceptors (Lipinski definition) is 4. The summed E-state index contributed by atoms with van der Waals surface area (Å²) >= 11 is 0. The van der Waals surface area contributed by atoms with Crippen LogP contribution in [0.3, 0.4) is 0 Å². The maximum atomic E-state index is 12.6. The lowest BCUT2D eigenvalue weighted by Gasteiger charge is -2.36. The number of carbonyl (C=O) groups excluding carboxylic acids is 2. The highest BCUT2D eigenvalue weighted by atomic mass is 16.6. The van der Waals surface area contributed by atoms with E-state index in [0.717, 1.165) is 12.8 Å². The molecule has 0 saturated heterocycles. The highest BCUT2D eigenvalue weighted by Gasteiger charge is 2.31. The normalized spacial score (nSPS) is 18.2. The summed E-state index contributed by atoms with van der Waals surface area (Å²) in [6.45, 7) is 5.82. The van der Waals surface area contributed by atoms with Crippen molar-refractivity contribution < 1.29 is 14.3 Å². The lowest BCUT2D eigenvalue weighted by Crippen LogP contribution is -2.43. The van der Waals surface area contributed by atoms with Crippen LogP contribution in [0.25, 0.3) is 0 Å². The van der Waals surface area contributed by atoms with E-state index in [1.165, 1.54) is 28.5 Å². The van der Waals surface area contributed by atoms with Crippen molar-refractivity contribution in [3.05, 3.63) is 70.1 Å². The number of alkyl carbamates (subject to hydrolysis) is 1. The number of aromatic nitrogens is 1. The Balaban J connectivity index is 1.50. The number of nitrogens with one attached hydrogen (secondary N) is 2. The van der Waals surface area contributed by atoms with Gasteiger partial charge in [0.15, 0.2) is 0 Å². The van der Waals surface area contributed by atoms with E-state index in [4.69, 9.17) is 4.74 Å². The number of pyridine rings is 1. The van der Waals surface area contributed by atoms with Crippen LogP contribution in [0.1, 0.15) is 55.5 Å². The van der Waals surface area contributed by atoms with Crippen LogP contribution in [0, 0.1) is 0 Å². The predicted octanol–water partition coefficient (Wildman–Crippen LogP) is 3.05. The fourth-order valence-electron chi connectivity index (χ4n) is 3.43. The zero-order chi connectivity index (χ0) is 21.7. The Bertz CT molecular complexity index is 941. The molecule has 1 aromatic carbocycles. The minimum atomic E-state index is -0.583. The van der Waals surface area contributed by atoms with Crippen molar-refractivity contribution in [2.75, 3.05) is 6.54 Å². The van der Waals surface area contributed by atoms with E-state index in [1.807, 2.05) is 18.2 Å². The Hall–Kier alpha value is -3.09.